The standard InChI is InChI=1S/C18H17FN2O2S2/c19-14-8-4-5-9-16(14)21-17-12-25(22,23)11-15(17)20-18(21)24-10-13-6-2-1-3-7-13/h1-9,15,17H,10-12H2. The lowest BCUT2D eigenvalue weighted by Crippen LogP contribution is -2.39. The highest BCUT2D eigenvalue weighted by molar-refractivity contribution is 8.13. The van der Waals surface area contributed by atoms with Gasteiger partial charge in [-0.3, -0.25) is 4.99 Å². The summed E-state index contributed by atoms with van der Waals surface area (Å²) in [5.74, 6) is 0.403. The summed E-state index contributed by atoms with van der Waals surface area (Å²) >= 11 is 1.52. The normalized spacial score (nSPS) is 24.2. The molecule has 4 rings (SSSR count). The second-order valence-corrected chi connectivity index (χ2v) is 9.32. The predicted octanol–water partition coefficient (Wildman–Crippen LogP) is 3.10. The van der Waals surface area contributed by atoms with E-state index in [4.69, 9.17) is 0 Å². The molecule has 2 aliphatic heterocycles. The number of sulfone groups is 1. The third-order valence-corrected chi connectivity index (χ3v) is 7.17. The maximum atomic E-state index is 14.4. The van der Waals surface area contributed by atoms with Crippen molar-refractivity contribution in [2.24, 2.45) is 4.99 Å². The van der Waals surface area contributed by atoms with Crippen molar-refractivity contribution in [2.45, 2.75) is 17.8 Å². The number of fused-ring (bicyclic) bond motifs is 1. The van der Waals surface area contributed by atoms with Crippen LogP contribution in [-0.2, 0) is 15.6 Å². The second-order valence-electron chi connectivity index (χ2n) is 6.22. The molecule has 2 heterocycles. The molecule has 0 N–H and O–H groups in total. The summed E-state index contributed by atoms with van der Waals surface area (Å²) in [6.45, 7) is 0. The van der Waals surface area contributed by atoms with Gasteiger partial charge in [0.25, 0.3) is 0 Å². The summed E-state index contributed by atoms with van der Waals surface area (Å²) in [6, 6.07) is 15.8. The van der Waals surface area contributed by atoms with Crippen LogP contribution >= 0.6 is 11.8 Å². The molecule has 2 aromatic carbocycles. The Morgan fingerprint density at radius 3 is 2.56 bits per heavy atom. The minimum absolute atomic E-state index is 0.0187. The van der Waals surface area contributed by atoms with E-state index in [9.17, 15) is 12.8 Å². The van der Waals surface area contributed by atoms with Crippen LogP contribution in [0.5, 0.6) is 0 Å². The third-order valence-electron chi connectivity index (χ3n) is 4.43. The topological polar surface area (TPSA) is 49.7 Å². The van der Waals surface area contributed by atoms with Gasteiger partial charge in [0.1, 0.15) is 5.82 Å². The van der Waals surface area contributed by atoms with Crippen LogP contribution in [0.2, 0.25) is 0 Å². The van der Waals surface area contributed by atoms with E-state index in [0.29, 0.717) is 16.6 Å². The number of amidine groups is 1. The number of benzene rings is 2. The van der Waals surface area contributed by atoms with Crippen molar-refractivity contribution < 1.29 is 12.8 Å². The van der Waals surface area contributed by atoms with Gasteiger partial charge in [0.2, 0.25) is 0 Å². The zero-order chi connectivity index (χ0) is 17.4. The third kappa shape index (κ3) is 3.30. The maximum absolute atomic E-state index is 14.4. The molecule has 0 bridgehead atoms. The molecule has 0 saturated carbocycles. The maximum Gasteiger partial charge on any atom is 0.164 e. The predicted molar refractivity (Wildman–Crippen MR) is 100 cm³/mol. The number of thioether (sulfide) groups is 1. The zero-order valence-electron chi connectivity index (χ0n) is 13.4. The van der Waals surface area contributed by atoms with Crippen molar-refractivity contribution in [3.63, 3.8) is 0 Å². The fourth-order valence-corrected chi connectivity index (χ4v) is 6.20. The first kappa shape index (κ1) is 16.6. The molecule has 0 spiro atoms. The molecule has 0 aliphatic carbocycles. The van der Waals surface area contributed by atoms with E-state index in [1.165, 1.54) is 17.8 Å². The molecule has 1 fully saturated rings. The number of anilines is 1. The van der Waals surface area contributed by atoms with Crippen LogP contribution in [-0.4, -0.2) is 37.2 Å². The Kier molecular flexibility index (Phi) is 4.29. The van der Waals surface area contributed by atoms with Gasteiger partial charge in [-0.25, -0.2) is 12.8 Å². The van der Waals surface area contributed by atoms with Gasteiger partial charge in [0.05, 0.1) is 29.3 Å². The van der Waals surface area contributed by atoms with Gasteiger partial charge in [-0.05, 0) is 17.7 Å². The van der Waals surface area contributed by atoms with Crippen molar-refractivity contribution in [3.05, 3.63) is 66.0 Å². The van der Waals surface area contributed by atoms with Gasteiger partial charge in [0.15, 0.2) is 15.0 Å². The zero-order valence-corrected chi connectivity index (χ0v) is 15.0. The van der Waals surface area contributed by atoms with E-state index in [1.807, 2.05) is 30.3 Å². The van der Waals surface area contributed by atoms with Crippen molar-refractivity contribution in [1.29, 1.82) is 0 Å². The smallest absolute Gasteiger partial charge is 0.164 e. The summed E-state index contributed by atoms with van der Waals surface area (Å²) in [5.41, 5.74) is 1.54. The van der Waals surface area contributed by atoms with Crippen LogP contribution in [0.1, 0.15) is 5.56 Å². The summed E-state index contributed by atoms with van der Waals surface area (Å²) in [4.78, 5) is 6.40. The van der Waals surface area contributed by atoms with Crippen molar-refractivity contribution in [2.75, 3.05) is 16.4 Å². The van der Waals surface area contributed by atoms with E-state index in [0.717, 1.165) is 5.56 Å². The Balaban J connectivity index is 1.65. The molecule has 0 radical (unpaired) electrons. The molecular weight excluding hydrogens is 359 g/mol. The number of aliphatic imine (C=N–C) groups is 1. The molecule has 7 heteroatoms. The highest BCUT2D eigenvalue weighted by Crippen LogP contribution is 2.36. The van der Waals surface area contributed by atoms with Crippen molar-refractivity contribution >= 4 is 32.5 Å². The lowest BCUT2D eigenvalue weighted by atomic mass is 10.1. The van der Waals surface area contributed by atoms with E-state index < -0.39 is 9.84 Å². The minimum atomic E-state index is -3.13. The Morgan fingerprint density at radius 2 is 1.80 bits per heavy atom. The van der Waals surface area contributed by atoms with Crippen LogP contribution in [0, 0.1) is 5.82 Å². The minimum Gasteiger partial charge on any atom is -0.312 e. The molecule has 25 heavy (non-hydrogen) atoms. The van der Waals surface area contributed by atoms with Gasteiger partial charge < -0.3 is 4.90 Å². The Morgan fingerprint density at radius 1 is 1.08 bits per heavy atom. The van der Waals surface area contributed by atoms with Gasteiger partial charge in [0, 0.05) is 5.75 Å². The van der Waals surface area contributed by atoms with E-state index >= 15 is 0 Å². The molecule has 2 unspecified atom stereocenters. The average molecular weight is 376 g/mol. The SMILES string of the molecule is O=S1(=O)CC2N=C(SCc3ccccc3)N(c3ccccc3F)C2C1. The molecule has 0 amide bonds. The fourth-order valence-electron chi connectivity index (χ4n) is 3.28. The molecule has 2 atom stereocenters. The summed E-state index contributed by atoms with van der Waals surface area (Å²) in [5, 5.41) is 0.693. The number of rotatable bonds is 3. The van der Waals surface area contributed by atoms with E-state index in [1.54, 1.807) is 23.1 Å². The monoisotopic (exact) mass is 376 g/mol. The summed E-state index contributed by atoms with van der Waals surface area (Å²) in [7, 11) is -3.13. The van der Waals surface area contributed by atoms with E-state index in [-0.39, 0.29) is 29.4 Å². The number of nitrogens with zero attached hydrogens (tertiary/aromatic N) is 2. The molecular formula is C18H17FN2O2S2. The number of halogens is 1. The van der Waals surface area contributed by atoms with Crippen LogP contribution in [0.4, 0.5) is 10.1 Å². The summed E-state index contributed by atoms with van der Waals surface area (Å²) < 4.78 is 38.4. The Labute approximate surface area is 150 Å². The molecule has 2 aliphatic rings. The first-order valence-corrected chi connectivity index (χ1v) is 10.8. The van der Waals surface area contributed by atoms with Gasteiger partial charge in [-0.15, -0.1) is 0 Å². The number of hydrogen-bond acceptors (Lipinski definition) is 5. The Hall–Kier alpha value is -1.86. The first-order chi connectivity index (χ1) is 12.0. The molecule has 1 saturated heterocycles. The van der Waals surface area contributed by atoms with Gasteiger partial charge in [-0.2, -0.15) is 0 Å². The quantitative estimate of drug-likeness (QED) is 0.826. The first-order valence-electron chi connectivity index (χ1n) is 8.02. The molecule has 0 aromatic heterocycles. The molecule has 2 aromatic rings. The van der Waals surface area contributed by atoms with Crippen LogP contribution in [0.3, 0.4) is 0 Å². The summed E-state index contributed by atoms with van der Waals surface area (Å²) in [6.07, 6.45) is 0. The van der Waals surface area contributed by atoms with Crippen LogP contribution < -0.4 is 4.90 Å². The fraction of sp³-hybridized carbons (Fsp3) is 0.278. The Bertz CT molecular complexity index is 916. The average Bonchev–Trinajstić information content (AvgIpc) is 3.06. The van der Waals surface area contributed by atoms with Crippen molar-refractivity contribution in [1.82, 2.24) is 0 Å². The molecule has 4 nitrogen and oxygen atoms in total. The number of para-hydroxylation sites is 1. The highest BCUT2D eigenvalue weighted by atomic mass is 32.2. The van der Waals surface area contributed by atoms with Crippen LogP contribution in [0.15, 0.2) is 59.6 Å². The van der Waals surface area contributed by atoms with Gasteiger partial charge in [-0.1, -0.05) is 54.2 Å². The largest absolute Gasteiger partial charge is 0.312 e. The number of hydrogen-bond donors (Lipinski definition) is 0. The lowest BCUT2D eigenvalue weighted by molar-refractivity contribution is 0.600. The van der Waals surface area contributed by atoms with Crippen LogP contribution in [0.25, 0.3) is 0 Å². The van der Waals surface area contributed by atoms with E-state index in [2.05, 4.69) is 4.99 Å². The van der Waals surface area contributed by atoms with Gasteiger partial charge >= 0.3 is 0 Å². The lowest BCUT2D eigenvalue weighted by Gasteiger charge is -2.26. The molecule has 130 valence electrons. The second kappa shape index (κ2) is 6.46. The van der Waals surface area contributed by atoms with Crippen molar-refractivity contribution in [3.8, 4) is 0 Å². The highest BCUT2D eigenvalue weighted by Gasteiger charge is 2.47.